The van der Waals surface area contributed by atoms with Gasteiger partial charge in [-0.05, 0) is 55.8 Å². The Morgan fingerprint density at radius 1 is 1.23 bits per heavy atom. The summed E-state index contributed by atoms with van der Waals surface area (Å²) in [4.78, 5) is 18.0. The molecule has 2 heterocycles. The summed E-state index contributed by atoms with van der Waals surface area (Å²) in [6.45, 7) is 3.58. The van der Waals surface area contributed by atoms with E-state index in [1.807, 2.05) is 18.4 Å². The van der Waals surface area contributed by atoms with E-state index in [1.54, 1.807) is 18.2 Å². The number of nitrogens with zero attached hydrogens (tertiary/aromatic N) is 2. The molecule has 0 radical (unpaired) electrons. The molecule has 2 aromatic heterocycles. The van der Waals surface area contributed by atoms with Gasteiger partial charge in [0.25, 0.3) is 5.91 Å². The first-order valence-electron chi connectivity index (χ1n) is 9.74. The van der Waals surface area contributed by atoms with Crippen LogP contribution in [0, 0.1) is 6.92 Å². The molecule has 2 N–H and O–H groups in total. The Hall–Kier alpha value is -2.91. The molecule has 0 bridgehead atoms. The molecule has 0 fully saturated rings. The number of aromatic nitrogens is 2. The number of fused-ring (bicyclic) bond motifs is 3. The van der Waals surface area contributed by atoms with E-state index in [2.05, 4.69) is 10.3 Å². The molecule has 0 spiro atoms. The summed E-state index contributed by atoms with van der Waals surface area (Å²) < 4.78 is 40.8. The fourth-order valence-electron chi connectivity index (χ4n) is 3.52. The number of amides is 1. The Balaban J connectivity index is 1.84. The quantitative estimate of drug-likeness (QED) is 0.449. The number of carbonyl (C=O) groups is 1. The largest absolute Gasteiger partial charge is 0.416 e. The average molecular weight is 447 g/mol. The van der Waals surface area contributed by atoms with Crippen molar-refractivity contribution in [2.75, 3.05) is 6.61 Å². The number of thiazole rings is 1. The van der Waals surface area contributed by atoms with E-state index in [0.717, 1.165) is 32.9 Å². The number of halogens is 3. The van der Waals surface area contributed by atoms with Gasteiger partial charge in [-0.15, -0.1) is 11.3 Å². The lowest BCUT2D eigenvalue weighted by atomic mass is 10.1. The first kappa shape index (κ1) is 21.3. The second-order valence-electron chi connectivity index (χ2n) is 7.26. The van der Waals surface area contributed by atoms with Crippen LogP contribution in [0.25, 0.3) is 26.9 Å². The van der Waals surface area contributed by atoms with Crippen molar-refractivity contribution in [1.29, 1.82) is 0 Å². The molecule has 1 amide bonds. The summed E-state index contributed by atoms with van der Waals surface area (Å²) in [6.07, 6.45) is -3.80. The monoisotopic (exact) mass is 447 g/mol. The third-order valence-corrected chi connectivity index (χ3v) is 6.13. The van der Waals surface area contributed by atoms with Crippen molar-refractivity contribution in [1.82, 2.24) is 14.9 Å². The highest BCUT2D eigenvalue weighted by Gasteiger charge is 2.30. The summed E-state index contributed by atoms with van der Waals surface area (Å²) in [5.74, 6) is -0.301. The van der Waals surface area contributed by atoms with Crippen LogP contribution in [0.15, 0.2) is 42.5 Å². The number of hydrogen-bond acceptors (Lipinski definition) is 4. The maximum Gasteiger partial charge on any atom is 0.416 e. The number of aliphatic hydroxyl groups is 1. The predicted molar refractivity (Wildman–Crippen MR) is 115 cm³/mol. The lowest BCUT2D eigenvalue weighted by Gasteiger charge is -2.14. The molecule has 0 saturated carbocycles. The number of alkyl halides is 3. The maximum absolute atomic E-state index is 13.0. The van der Waals surface area contributed by atoms with E-state index in [-0.39, 0.29) is 18.6 Å². The van der Waals surface area contributed by atoms with Gasteiger partial charge in [-0.1, -0.05) is 6.92 Å². The fourth-order valence-corrected chi connectivity index (χ4v) is 4.48. The number of hydrogen-bond donors (Lipinski definition) is 2. The molecule has 0 saturated heterocycles. The highest BCUT2D eigenvalue weighted by atomic mass is 32.1. The Labute approximate surface area is 180 Å². The van der Waals surface area contributed by atoms with E-state index in [9.17, 15) is 23.1 Å². The fraction of sp³-hybridized carbons (Fsp3) is 0.273. The topological polar surface area (TPSA) is 67.2 Å². The molecule has 162 valence electrons. The van der Waals surface area contributed by atoms with Crippen molar-refractivity contribution >= 4 is 38.5 Å². The summed E-state index contributed by atoms with van der Waals surface area (Å²) in [6, 6.07) is 9.82. The zero-order chi connectivity index (χ0) is 22.3. The van der Waals surface area contributed by atoms with Crippen molar-refractivity contribution in [2.45, 2.75) is 32.5 Å². The van der Waals surface area contributed by atoms with Gasteiger partial charge in [-0.2, -0.15) is 13.2 Å². The van der Waals surface area contributed by atoms with E-state index in [4.69, 9.17) is 0 Å². The van der Waals surface area contributed by atoms with Crippen LogP contribution < -0.4 is 5.32 Å². The van der Waals surface area contributed by atoms with E-state index in [1.165, 1.54) is 23.5 Å². The van der Waals surface area contributed by atoms with Gasteiger partial charge in [0.1, 0.15) is 10.3 Å². The van der Waals surface area contributed by atoms with Gasteiger partial charge in [0.2, 0.25) is 0 Å². The summed E-state index contributed by atoms with van der Waals surface area (Å²) >= 11 is 1.44. The van der Waals surface area contributed by atoms with Gasteiger partial charge in [0.15, 0.2) is 0 Å². The smallest absolute Gasteiger partial charge is 0.394 e. The highest BCUT2D eigenvalue weighted by Crippen LogP contribution is 2.36. The molecule has 9 heteroatoms. The standard InChI is InChI=1S/C22H20F3N3O2S/c1-3-15(11-29)27-20(30)13-4-9-18-17(10-13)19-21(31-12(2)26-19)28(18)16-7-5-14(6-8-16)22(23,24)25/h4-10,15,29H,3,11H2,1-2H3,(H,27,30)/t15-/m1/s1. The van der Waals surface area contributed by atoms with Crippen molar-refractivity contribution in [3.8, 4) is 5.69 Å². The van der Waals surface area contributed by atoms with Crippen molar-refractivity contribution in [2.24, 2.45) is 0 Å². The van der Waals surface area contributed by atoms with E-state index < -0.39 is 11.7 Å². The van der Waals surface area contributed by atoms with Crippen LogP contribution in [-0.2, 0) is 6.18 Å². The Kier molecular flexibility index (Phi) is 5.49. The van der Waals surface area contributed by atoms with Crippen LogP contribution in [0.5, 0.6) is 0 Å². The van der Waals surface area contributed by atoms with Gasteiger partial charge in [0.05, 0.1) is 28.7 Å². The van der Waals surface area contributed by atoms with Crippen LogP contribution in [0.4, 0.5) is 13.2 Å². The second-order valence-corrected chi connectivity index (χ2v) is 8.44. The van der Waals surface area contributed by atoms with E-state index >= 15 is 0 Å². The third kappa shape index (κ3) is 3.90. The average Bonchev–Trinajstić information content (AvgIpc) is 3.25. The van der Waals surface area contributed by atoms with Crippen molar-refractivity contribution in [3.05, 3.63) is 58.6 Å². The molecular weight excluding hydrogens is 427 g/mol. The van der Waals surface area contributed by atoms with Crippen LogP contribution in [-0.4, -0.2) is 33.2 Å². The molecule has 4 rings (SSSR count). The van der Waals surface area contributed by atoms with Crippen LogP contribution in [0.3, 0.4) is 0 Å². The predicted octanol–water partition coefficient (Wildman–Crippen LogP) is 5.07. The van der Waals surface area contributed by atoms with Gasteiger partial charge >= 0.3 is 6.18 Å². The lowest BCUT2D eigenvalue weighted by molar-refractivity contribution is -0.137. The number of carbonyl (C=O) groups excluding carboxylic acids is 1. The molecule has 2 aromatic carbocycles. The zero-order valence-electron chi connectivity index (χ0n) is 16.8. The minimum Gasteiger partial charge on any atom is -0.394 e. The Morgan fingerprint density at radius 3 is 2.55 bits per heavy atom. The maximum atomic E-state index is 13.0. The summed E-state index contributed by atoms with van der Waals surface area (Å²) in [5.41, 5.74) is 1.75. The Bertz CT molecular complexity index is 1260. The van der Waals surface area contributed by atoms with Gasteiger partial charge < -0.3 is 10.4 Å². The molecule has 0 unspecified atom stereocenters. The van der Waals surface area contributed by atoms with Gasteiger partial charge in [0, 0.05) is 16.6 Å². The molecular formula is C22H20F3N3O2S. The van der Waals surface area contributed by atoms with Crippen LogP contribution >= 0.6 is 11.3 Å². The molecule has 0 aliphatic heterocycles. The van der Waals surface area contributed by atoms with Gasteiger partial charge in [-0.25, -0.2) is 4.98 Å². The molecule has 4 aromatic rings. The molecule has 0 aliphatic rings. The molecule has 1 atom stereocenters. The third-order valence-electron chi connectivity index (χ3n) is 5.18. The minimum absolute atomic E-state index is 0.149. The SMILES string of the molecule is CC[C@H](CO)NC(=O)c1ccc2c(c1)c1nc(C)sc1n2-c1ccc(C(F)(F)F)cc1. The first-order chi connectivity index (χ1) is 14.7. The highest BCUT2D eigenvalue weighted by molar-refractivity contribution is 7.18. The molecule has 0 aliphatic carbocycles. The van der Waals surface area contributed by atoms with Crippen molar-refractivity contribution < 1.29 is 23.1 Å². The normalized spacial score (nSPS) is 13.1. The summed E-state index contributed by atoms with van der Waals surface area (Å²) in [5, 5.41) is 13.7. The molecule has 31 heavy (non-hydrogen) atoms. The van der Waals surface area contributed by atoms with Crippen LogP contribution in [0.2, 0.25) is 0 Å². The number of benzene rings is 2. The van der Waals surface area contributed by atoms with Crippen molar-refractivity contribution in [3.63, 3.8) is 0 Å². The van der Waals surface area contributed by atoms with E-state index in [0.29, 0.717) is 23.2 Å². The minimum atomic E-state index is -4.40. The lowest BCUT2D eigenvalue weighted by Crippen LogP contribution is -2.36. The van der Waals surface area contributed by atoms with Crippen LogP contribution in [0.1, 0.15) is 34.3 Å². The second kappa shape index (κ2) is 7.97. The zero-order valence-corrected chi connectivity index (χ0v) is 17.6. The number of rotatable bonds is 5. The van der Waals surface area contributed by atoms with Gasteiger partial charge in [-0.3, -0.25) is 9.36 Å². The summed E-state index contributed by atoms with van der Waals surface area (Å²) in [7, 11) is 0. The number of nitrogens with one attached hydrogen (secondary N) is 1. The molecule has 5 nitrogen and oxygen atoms in total. The number of aliphatic hydroxyl groups excluding tert-OH is 1. The first-order valence-corrected chi connectivity index (χ1v) is 10.6. The number of aryl methyl sites for hydroxylation is 1. The Morgan fingerprint density at radius 2 is 1.94 bits per heavy atom.